The Balaban J connectivity index is 3.09. The van der Waals surface area contributed by atoms with Crippen molar-refractivity contribution in [2.45, 2.75) is 18.0 Å². The number of aliphatic carboxylic acids is 1. The third-order valence-corrected chi connectivity index (χ3v) is 3.85. The molecule has 7 nitrogen and oxygen atoms in total. The van der Waals surface area contributed by atoms with Gasteiger partial charge < -0.3 is 5.11 Å². The van der Waals surface area contributed by atoms with Crippen LogP contribution in [0.4, 0.5) is 0 Å². The van der Waals surface area contributed by atoms with Crippen molar-refractivity contribution in [1.82, 2.24) is 14.5 Å². The molecule has 1 aromatic heterocycles. The first kappa shape index (κ1) is 12.9. The average Bonchev–Trinajstić information content (AvgIpc) is 2.45. The van der Waals surface area contributed by atoms with Crippen LogP contribution in [0.2, 0.25) is 5.02 Å². The number of aryl methyl sites for hydroxylation is 1. The van der Waals surface area contributed by atoms with Crippen LogP contribution in [0.5, 0.6) is 0 Å². The lowest BCUT2D eigenvalue weighted by Crippen LogP contribution is -2.39. The van der Waals surface area contributed by atoms with Crippen molar-refractivity contribution in [1.29, 1.82) is 0 Å². The van der Waals surface area contributed by atoms with E-state index >= 15 is 0 Å². The molecule has 2 N–H and O–H groups in total. The van der Waals surface area contributed by atoms with Crippen LogP contribution < -0.4 is 4.72 Å². The number of hydrogen-bond acceptors (Lipinski definition) is 4. The van der Waals surface area contributed by atoms with Crippen LogP contribution in [0, 0.1) is 0 Å². The highest BCUT2D eigenvalue weighted by molar-refractivity contribution is 7.89. The van der Waals surface area contributed by atoms with Crippen LogP contribution in [0.3, 0.4) is 0 Å². The van der Waals surface area contributed by atoms with Crippen LogP contribution in [0.25, 0.3) is 0 Å². The number of halogens is 1. The molecule has 0 aliphatic heterocycles. The molecule has 1 heterocycles. The number of hydrogen-bond donors (Lipinski definition) is 2. The largest absolute Gasteiger partial charge is 0.480 e. The second-order valence-corrected chi connectivity index (χ2v) is 5.14. The predicted octanol–water partition coefficient (Wildman–Crippen LogP) is -0.175. The zero-order chi connectivity index (χ0) is 12.5. The topological polar surface area (TPSA) is 101 Å². The van der Waals surface area contributed by atoms with Crippen molar-refractivity contribution in [3.63, 3.8) is 0 Å². The summed E-state index contributed by atoms with van der Waals surface area (Å²) in [5, 5.41) is 11.9. The summed E-state index contributed by atoms with van der Waals surface area (Å²) in [7, 11) is -2.59. The molecule has 0 radical (unpaired) electrons. The van der Waals surface area contributed by atoms with Gasteiger partial charge in [0.2, 0.25) is 0 Å². The van der Waals surface area contributed by atoms with E-state index in [2.05, 4.69) is 5.10 Å². The molecule has 0 saturated heterocycles. The SMILES string of the molecule is C[C@H](NS(=O)(=O)c1c(Cl)cnn1C)C(=O)O. The molecule has 0 saturated carbocycles. The molecule has 0 fully saturated rings. The summed E-state index contributed by atoms with van der Waals surface area (Å²) in [6, 6.07) is -1.24. The zero-order valence-corrected chi connectivity index (χ0v) is 10.1. The summed E-state index contributed by atoms with van der Waals surface area (Å²) in [6.07, 6.45) is 1.17. The van der Waals surface area contributed by atoms with Gasteiger partial charge in [0.15, 0.2) is 5.03 Å². The third-order valence-electron chi connectivity index (χ3n) is 1.80. The Morgan fingerprint density at radius 2 is 2.25 bits per heavy atom. The van der Waals surface area contributed by atoms with Crippen LogP contribution in [-0.2, 0) is 21.9 Å². The second kappa shape index (κ2) is 4.40. The minimum Gasteiger partial charge on any atom is -0.480 e. The average molecular weight is 268 g/mol. The minimum atomic E-state index is -3.98. The summed E-state index contributed by atoms with van der Waals surface area (Å²) < 4.78 is 26.5. The number of nitrogens with one attached hydrogen (secondary N) is 1. The fourth-order valence-electron chi connectivity index (χ4n) is 1.04. The minimum absolute atomic E-state index is 0.0624. The Labute approximate surface area is 97.1 Å². The molecule has 9 heteroatoms. The molecule has 1 aromatic rings. The van der Waals surface area contributed by atoms with Gasteiger partial charge in [0.1, 0.15) is 6.04 Å². The quantitative estimate of drug-likeness (QED) is 0.788. The van der Waals surface area contributed by atoms with Crippen LogP contribution >= 0.6 is 11.6 Å². The van der Waals surface area contributed by atoms with E-state index in [1.165, 1.54) is 20.2 Å². The standard InChI is InChI=1S/C7H10ClN3O4S/c1-4(7(12)13)10-16(14,15)6-5(8)3-9-11(6)2/h3-4,10H,1-2H3,(H,12,13)/t4-/m0/s1. The lowest BCUT2D eigenvalue weighted by Gasteiger charge is -2.10. The molecule has 1 rings (SSSR count). The molecular weight excluding hydrogens is 258 g/mol. The number of rotatable bonds is 4. The van der Waals surface area contributed by atoms with Gasteiger partial charge in [0.05, 0.1) is 11.2 Å². The fourth-order valence-corrected chi connectivity index (χ4v) is 2.89. The summed E-state index contributed by atoms with van der Waals surface area (Å²) >= 11 is 5.64. The maximum absolute atomic E-state index is 11.7. The Kier molecular flexibility index (Phi) is 3.56. The van der Waals surface area contributed by atoms with E-state index in [9.17, 15) is 13.2 Å². The van der Waals surface area contributed by atoms with E-state index in [0.717, 1.165) is 4.68 Å². The van der Waals surface area contributed by atoms with Gasteiger partial charge in [-0.05, 0) is 6.92 Å². The first-order valence-corrected chi connectivity index (χ1v) is 6.04. The Hall–Kier alpha value is -1.12. The van der Waals surface area contributed by atoms with Gasteiger partial charge in [-0.25, -0.2) is 8.42 Å². The molecule has 16 heavy (non-hydrogen) atoms. The molecule has 0 aromatic carbocycles. The monoisotopic (exact) mass is 267 g/mol. The maximum atomic E-state index is 11.7. The number of nitrogens with zero attached hydrogens (tertiary/aromatic N) is 2. The first-order chi connectivity index (χ1) is 7.25. The lowest BCUT2D eigenvalue weighted by atomic mass is 10.4. The molecule has 90 valence electrons. The van der Waals surface area contributed by atoms with Gasteiger partial charge in [-0.2, -0.15) is 9.82 Å². The summed E-state index contributed by atoms with van der Waals surface area (Å²) in [4.78, 5) is 10.5. The smallest absolute Gasteiger partial charge is 0.321 e. The number of carbonyl (C=O) groups is 1. The Morgan fingerprint density at radius 3 is 2.62 bits per heavy atom. The predicted molar refractivity (Wildman–Crippen MR) is 55.6 cm³/mol. The number of carboxylic acid groups (broad SMARTS) is 1. The van der Waals surface area contributed by atoms with E-state index in [1.807, 2.05) is 4.72 Å². The molecule has 0 bridgehead atoms. The molecule has 0 aliphatic rings. The van der Waals surface area contributed by atoms with Crippen molar-refractivity contribution < 1.29 is 18.3 Å². The van der Waals surface area contributed by atoms with Crippen molar-refractivity contribution in [3.05, 3.63) is 11.2 Å². The molecule has 0 aliphatic carbocycles. The zero-order valence-electron chi connectivity index (χ0n) is 8.51. The Morgan fingerprint density at radius 1 is 1.69 bits per heavy atom. The van der Waals surface area contributed by atoms with E-state index in [0.29, 0.717) is 0 Å². The van der Waals surface area contributed by atoms with Crippen LogP contribution in [0.1, 0.15) is 6.92 Å². The lowest BCUT2D eigenvalue weighted by molar-refractivity contribution is -0.138. The Bertz CT molecular complexity index is 490. The second-order valence-electron chi connectivity index (χ2n) is 3.10. The summed E-state index contributed by atoms with van der Waals surface area (Å²) in [6.45, 7) is 1.21. The van der Waals surface area contributed by atoms with Crippen LogP contribution in [-0.4, -0.2) is 35.3 Å². The van der Waals surface area contributed by atoms with Crippen molar-refractivity contribution in [2.24, 2.45) is 7.05 Å². The fraction of sp³-hybridized carbons (Fsp3) is 0.429. The van der Waals surface area contributed by atoms with Crippen molar-refractivity contribution >= 4 is 27.6 Å². The van der Waals surface area contributed by atoms with Gasteiger partial charge in [-0.3, -0.25) is 9.48 Å². The number of sulfonamides is 1. The van der Waals surface area contributed by atoms with Gasteiger partial charge in [-0.15, -0.1) is 0 Å². The first-order valence-electron chi connectivity index (χ1n) is 4.18. The summed E-state index contributed by atoms with van der Waals surface area (Å²) in [5.74, 6) is -1.28. The third kappa shape index (κ3) is 2.52. The van der Waals surface area contributed by atoms with Gasteiger partial charge in [0, 0.05) is 7.05 Å². The van der Waals surface area contributed by atoms with E-state index in [1.54, 1.807) is 0 Å². The maximum Gasteiger partial charge on any atom is 0.321 e. The van der Waals surface area contributed by atoms with E-state index in [-0.39, 0.29) is 10.0 Å². The number of carboxylic acids is 1. The number of aromatic nitrogens is 2. The molecule has 1 atom stereocenters. The van der Waals surface area contributed by atoms with Crippen molar-refractivity contribution in [2.75, 3.05) is 0 Å². The molecular formula is C7H10ClN3O4S. The normalized spacial score (nSPS) is 13.7. The van der Waals surface area contributed by atoms with E-state index in [4.69, 9.17) is 16.7 Å². The van der Waals surface area contributed by atoms with Gasteiger partial charge in [-0.1, -0.05) is 11.6 Å². The molecule has 0 spiro atoms. The molecule has 0 unspecified atom stereocenters. The highest BCUT2D eigenvalue weighted by atomic mass is 35.5. The van der Waals surface area contributed by atoms with E-state index < -0.39 is 22.0 Å². The van der Waals surface area contributed by atoms with Gasteiger partial charge in [0.25, 0.3) is 10.0 Å². The van der Waals surface area contributed by atoms with Crippen LogP contribution in [0.15, 0.2) is 11.2 Å². The molecule has 0 amide bonds. The summed E-state index contributed by atoms with van der Waals surface area (Å²) in [5.41, 5.74) is 0. The van der Waals surface area contributed by atoms with Crippen molar-refractivity contribution in [3.8, 4) is 0 Å². The highest BCUT2D eigenvalue weighted by Gasteiger charge is 2.26. The highest BCUT2D eigenvalue weighted by Crippen LogP contribution is 2.19. The van der Waals surface area contributed by atoms with Gasteiger partial charge >= 0.3 is 5.97 Å².